The van der Waals surface area contributed by atoms with Crippen LogP contribution in [0.3, 0.4) is 0 Å². The standard InChI is InChI=1S/C33H24Br2FN3O5S2/c34-14-1-8-18(9-2-14)39-31(41)26-20-12-21(27(26)32(39)42)28-25(20)24(29-30(45-28)38-33(43)46-29)19-11-15(35)3-10-22(19)44-13-23(40)37-17-6-4-16(36)5-7-17/h1-11,20-21,24-28H,12-13H2,(H,37,40)(H,38,43)/t20?,21?,24-,25?,26?,27?,28?/m1/s1. The zero-order valence-corrected chi connectivity index (χ0v) is 28.6. The molecule has 6 unspecified atom stereocenters. The number of hydrogen-bond donors (Lipinski definition) is 2. The van der Waals surface area contributed by atoms with Crippen LogP contribution in [0, 0.1) is 35.4 Å². The Bertz CT molecular complexity index is 1970. The molecule has 13 heteroatoms. The van der Waals surface area contributed by atoms with Gasteiger partial charge in [-0.3, -0.25) is 24.1 Å². The van der Waals surface area contributed by atoms with E-state index in [1.807, 2.05) is 24.3 Å². The second-order valence-electron chi connectivity index (χ2n) is 12.0. The van der Waals surface area contributed by atoms with E-state index in [0.29, 0.717) is 17.1 Å². The molecule has 7 atom stereocenters. The number of carbonyl (C=O) groups excluding carboxylic acids is 3. The summed E-state index contributed by atoms with van der Waals surface area (Å²) in [5.74, 6) is -1.92. The van der Waals surface area contributed by atoms with Crippen LogP contribution < -0.4 is 19.8 Å². The molecule has 4 aromatic rings. The van der Waals surface area contributed by atoms with Crippen molar-refractivity contribution in [1.82, 2.24) is 4.98 Å². The Labute approximate surface area is 287 Å². The molecule has 0 radical (unpaired) electrons. The Balaban J connectivity index is 1.14. The summed E-state index contributed by atoms with van der Waals surface area (Å²) >= 11 is 9.81. The van der Waals surface area contributed by atoms with Crippen molar-refractivity contribution < 1.29 is 23.5 Å². The molecule has 8 rings (SSSR count). The number of carbonyl (C=O) groups is 3. The van der Waals surface area contributed by atoms with Gasteiger partial charge in [0.2, 0.25) is 11.8 Å². The van der Waals surface area contributed by atoms with E-state index in [-0.39, 0.29) is 52.2 Å². The number of rotatable bonds is 6. The average Bonchev–Trinajstić information content (AvgIpc) is 3.77. The van der Waals surface area contributed by atoms with Crippen LogP contribution in [0.2, 0.25) is 0 Å². The lowest BCUT2D eigenvalue weighted by atomic mass is 9.68. The summed E-state index contributed by atoms with van der Waals surface area (Å²) in [7, 11) is 0. The monoisotopic (exact) mass is 783 g/mol. The molecule has 1 saturated heterocycles. The van der Waals surface area contributed by atoms with Gasteiger partial charge < -0.3 is 15.0 Å². The topological polar surface area (TPSA) is 109 Å². The molecule has 1 aromatic heterocycles. The molecular weight excluding hydrogens is 761 g/mol. The molecule has 234 valence electrons. The summed E-state index contributed by atoms with van der Waals surface area (Å²) in [6.45, 7) is -0.288. The third kappa shape index (κ3) is 4.89. The van der Waals surface area contributed by atoms with Gasteiger partial charge in [0.05, 0.1) is 22.5 Å². The van der Waals surface area contributed by atoms with Crippen LogP contribution in [0.4, 0.5) is 15.8 Å². The summed E-state index contributed by atoms with van der Waals surface area (Å²) < 4.78 is 21.1. The number of anilines is 2. The van der Waals surface area contributed by atoms with Gasteiger partial charge in [-0.1, -0.05) is 43.2 Å². The lowest BCUT2D eigenvalue weighted by Crippen LogP contribution is -2.42. The normalized spacial score (nSPS) is 27.4. The third-order valence-corrected chi connectivity index (χ3v) is 13.2. The van der Waals surface area contributed by atoms with Crippen molar-refractivity contribution in [2.75, 3.05) is 16.8 Å². The van der Waals surface area contributed by atoms with E-state index in [0.717, 1.165) is 42.2 Å². The van der Waals surface area contributed by atoms with Crippen LogP contribution in [0.5, 0.6) is 5.75 Å². The molecule has 3 heterocycles. The molecule has 8 nitrogen and oxygen atoms in total. The number of thiazole rings is 1. The average molecular weight is 786 g/mol. The van der Waals surface area contributed by atoms with Crippen molar-refractivity contribution in [1.29, 1.82) is 0 Å². The second kappa shape index (κ2) is 11.5. The fourth-order valence-electron chi connectivity index (χ4n) is 7.98. The molecule has 3 amide bonds. The molecule has 0 spiro atoms. The second-order valence-corrected chi connectivity index (χ2v) is 16.0. The van der Waals surface area contributed by atoms with E-state index in [2.05, 4.69) is 42.2 Å². The van der Waals surface area contributed by atoms with Gasteiger partial charge in [-0.2, -0.15) is 0 Å². The van der Waals surface area contributed by atoms with E-state index >= 15 is 0 Å². The fourth-order valence-corrected chi connectivity index (χ4v) is 11.5. The van der Waals surface area contributed by atoms with Crippen molar-refractivity contribution in [3.05, 3.63) is 102 Å². The third-order valence-electron chi connectivity index (χ3n) is 9.60. The van der Waals surface area contributed by atoms with Crippen LogP contribution in [0.15, 0.2) is 85.5 Å². The van der Waals surface area contributed by atoms with Crippen LogP contribution in [0.25, 0.3) is 0 Å². The highest BCUT2D eigenvalue weighted by molar-refractivity contribution is 9.10. The van der Waals surface area contributed by atoms with E-state index < -0.39 is 23.6 Å². The van der Waals surface area contributed by atoms with Gasteiger partial charge in [-0.15, -0.1) is 11.8 Å². The van der Waals surface area contributed by atoms with E-state index in [9.17, 15) is 23.6 Å². The number of aromatic nitrogens is 1. The molecule has 4 aliphatic rings. The molecular formula is C33H24Br2FN3O5S2. The van der Waals surface area contributed by atoms with Crippen LogP contribution in [-0.2, 0) is 14.4 Å². The van der Waals surface area contributed by atoms with E-state index in [1.165, 1.54) is 29.2 Å². The highest BCUT2D eigenvalue weighted by atomic mass is 79.9. The van der Waals surface area contributed by atoms with Gasteiger partial charge in [0.25, 0.3) is 5.91 Å². The van der Waals surface area contributed by atoms with Gasteiger partial charge in [0.15, 0.2) is 6.61 Å². The van der Waals surface area contributed by atoms with Crippen LogP contribution in [-0.4, -0.2) is 34.6 Å². The zero-order chi connectivity index (χ0) is 31.9. The molecule has 2 saturated carbocycles. The lowest BCUT2D eigenvalue weighted by molar-refractivity contribution is -0.123. The van der Waals surface area contributed by atoms with Gasteiger partial charge in [0.1, 0.15) is 11.6 Å². The van der Waals surface area contributed by atoms with Gasteiger partial charge in [-0.05, 0) is 90.9 Å². The molecule has 2 bridgehead atoms. The number of hydrogen-bond acceptors (Lipinski definition) is 7. The Morgan fingerprint density at radius 1 is 0.957 bits per heavy atom. The number of imide groups is 1. The summed E-state index contributed by atoms with van der Waals surface area (Å²) in [4.78, 5) is 58.6. The highest BCUT2D eigenvalue weighted by Crippen LogP contribution is 2.69. The number of aromatic amines is 1. The Kier molecular flexibility index (Phi) is 7.50. The lowest BCUT2D eigenvalue weighted by Gasteiger charge is -2.43. The van der Waals surface area contributed by atoms with Crippen molar-refractivity contribution in [3.8, 4) is 5.75 Å². The van der Waals surface area contributed by atoms with Gasteiger partial charge >= 0.3 is 4.87 Å². The molecule has 3 aromatic carbocycles. The molecule has 2 aliphatic carbocycles. The minimum Gasteiger partial charge on any atom is -0.483 e. The van der Waals surface area contributed by atoms with Crippen molar-refractivity contribution in [2.24, 2.45) is 29.6 Å². The number of ether oxygens (including phenoxy) is 1. The van der Waals surface area contributed by atoms with Crippen molar-refractivity contribution >= 4 is 84.1 Å². The zero-order valence-electron chi connectivity index (χ0n) is 23.7. The molecule has 2 aliphatic heterocycles. The van der Waals surface area contributed by atoms with E-state index in [4.69, 9.17) is 4.74 Å². The maximum atomic E-state index is 14.0. The number of H-pyrrole nitrogens is 1. The summed E-state index contributed by atoms with van der Waals surface area (Å²) in [5, 5.41) is 3.51. The number of amides is 3. The first-order valence-electron chi connectivity index (χ1n) is 14.7. The summed E-state index contributed by atoms with van der Waals surface area (Å²) in [6, 6.07) is 18.3. The van der Waals surface area contributed by atoms with Crippen LogP contribution in [0.1, 0.15) is 22.8 Å². The minimum absolute atomic E-state index is 0.00391. The number of fused-ring (bicyclic) bond motifs is 9. The van der Waals surface area contributed by atoms with Crippen molar-refractivity contribution in [2.45, 2.75) is 22.6 Å². The maximum Gasteiger partial charge on any atom is 0.305 e. The van der Waals surface area contributed by atoms with Gasteiger partial charge in [0, 0.05) is 36.2 Å². The SMILES string of the molecule is O=C(COc1ccc(Br)cc1[C@H]1c2sc(=O)[nH]c2SC2C3CC(C4C(=O)N(c5ccc(Br)cc5)C(=O)C34)C21)Nc1ccc(F)cc1. The molecule has 3 fully saturated rings. The first kappa shape index (κ1) is 30.1. The first-order valence-corrected chi connectivity index (χ1v) is 18.0. The minimum atomic E-state index is -0.444. The van der Waals surface area contributed by atoms with Crippen molar-refractivity contribution in [3.63, 3.8) is 0 Å². The molecule has 2 N–H and O–H groups in total. The Morgan fingerprint density at radius 2 is 1.65 bits per heavy atom. The summed E-state index contributed by atoms with van der Waals surface area (Å²) in [5.41, 5.74) is 1.83. The van der Waals surface area contributed by atoms with E-state index in [1.54, 1.807) is 30.0 Å². The quantitative estimate of drug-likeness (QED) is 0.209. The number of nitrogens with one attached hydrogen (secondary N) is 2. The smallest absolute Gasteiger partial charge is 0.305 e. The Morgan fingerprint density at radius 3 is 2.39 bits per heavy atom. The number of benzene rings is 3. The maximum absolute atomic E-state index is 14.0. The predicted octanol–water partition coefficient (Wildman–Crippen LogP) is 6.80. The first-order chi connectivity index (χ1) is 22.2. The number of thioether (sulfide) groups is 1. The predicted molar refractivity (Wildman–Crippen MR) is 180 cm³/mol. The van der Waals surface area contributed by atoms with Gasteiger partial charge in [-0.25, -0.2) is 4.39 Å². The summed E-state index contributed by atoms with van der Waals surface area (Å²) in [6.07, 6.45) is 0.753. The highest BCUT2D eigenvalue weighted by Gasteiger charge is 2.69. The van der Waals surface area contributed by atoms with Crippen LogP contribution >= 0.6 is 55.0 Å². The fraction of sp³-hybridized carbons (Fsp3) is 0.273. The molecule has 46 heavy (non-hydrogen) atoms. The Hall–Kier alpha value is -3.26. The number of nitrogens with zero attached hydrogens (tertiary/aromatic N) is 1. The number of halogens is 3. The largest absolute Gasteiger partial charge is 0.483 e.